The summed E-state index contributed by atoms with van der Waals surface area (Å²) in [7, 11) is 0. The lowest BCUT2D eigenvalue weighted by atomic mass is 10.1. The van der Waals surface area contributed by atoms with Crippen molar-refractivity contribution in [3.63, 3.8) is 0 Å². The van der Waals surface area contributed by atoms with Crippen molar-refractivity contribution in [3.05, 3.63) is 81.6 Å². The molecule has 0 atom stereocenters. The second-order valence-corrected chi connectivity index (χ2v) is 8.05. The molecule has 0 fully saturated rings. The molecule has 2 aromatic carbocycles. The molecule has 0 N–H and O–H groups in total. The van der Waals surface area contributed by atoms with Crippen LogP contribution in [0, 0.1) is 0 Å². The molecule has 3 rings (SSSR count). The van der Waals surface area contributed by atoms with Gasteiger partial charge in [-0.3, -0.25) is 9.59 Å². The third-order valence-electron chi connectivity index (χ3n) is 5.18. The lowest BCUT2D eigenvalue weighted by Crippen LogP contribution is -2.42. The third kappa shape index (κ3) is 6.12. The number of likely N-dealkylation sites (N-methyl/N-ethyl adjacent to an activating group) is 1. The number of benzene rings is 2. The van der Waals surface area contributed by atoms with Gasteiger partial charge in [-0.25, -0.2) is 4.68 Å². The molecule has 0 saturated heterocycles. The number of carbonyl (C=O) groups is 1. The Labute approximate surface area is 191 Å². The summed E-state index contributed by atoms with van der Waals surface area (Å²) in [6, 6.07) is 20.4. The van der Waals surface area contributed by atoms with Crippen molar-refractivity contribution in [2.75, 3.05) is 31.1 Å². The molecular weight excluding hydrogens is 456 g/mol. The standard InChI is InChI=1S/C24H27BrN4O2/c1-3-27(4-2)15-16-28(21-12-8-11-20(25)17-21)24(31)18-29-23(30)14-13-22(26-29)19-9-6-5-7-10-19/h5-14,17H,3-4,15-16,18H2,1-2H3. The van der Waals surface area contributed by atoms with Crippen molar-refractivity contribution in [1.29, 1.82) is 0 Å². The molecule has 31 heavy (non-hydrogen) atoms. The molecule has 0 radical (unpaired) electrons. The molecule has 0 aliphatic carbocycles. The van der Waals surface area contributed by atoms with Crippen molar-refractivity contribution < 1.29 is 4.79 Å². The van der Waals surface area contributed by atoms with Crippen LogP contribution < -0.4 is 10.5 Å². The van der Waals surface area contributed by atoms with Gasteiger partial charge in [0.1, 0.15) is 6.54 Å². The SMILES string of the molecule is CCN(CC)CCN(C(=O)Cn1nc(-c2ccccc2)ccc1=O)c1cccc(Br)c1. The van der Waals surface area contributed by atoms with Gasteiger partial charge in [-0.2, -0.15) is 5.10 Å². The Morgan fingerprint density at radius 2 is 1.71 bits per heavy atom. The van der Waals surface area contributed by atoms with E-state index in [9.17, 15) is 9.59 Å². The van der Waals surface area contributed by atoms with E-state index in [0.29, 0.717) is 12.2 Å². The molecule has 0 bridgehead atoms. The first-order chi connectivity index (χ1) is 15.0. The summed E-state index contributed by atoms with van der Waals surface area (Å²) in [5.41, 5.74) is 2.05. The number of amides is 1. The van der Waals surface area contributed by atoms with Crippen LogP contribution in [-0.2, 0) is 11.3 Å². The Morgan fingerprint density at radius 3 is 2.39 bits per heavy atom. The minimum absolute atomic E-state index is 0.121. The van der Waals surface area contributed by atoms with Gasteiger partial charge in [0, 0.05) is 34.9 Å². The second-order valence-electron chi connectivity index (χ2n) is 7.13. The Bertz CT molecular complexity index is 1060. The van der Waals surface area contributed by atoms with E-state index < -0.39 is 0 Å². The van der Waals surface area contributed by atoms with Crippen LogP contribution in [0.2, 0.25) is 0 Å². The average molecular weight is 483 g/mol. The molecule has 0 saturated carbocycles. The number of hydrogen-bond acceptors (Lipinski definition) is 4. The topological polar surface area (TPSA) is 58.4 Å². The Kier molecular flexibility index (Phi) is 8.14. The highest BCUT2D eigenvalue weighted by Crippen LogP contribution is 2.21. The van der Waals surface area contributed by atoms with E-state index in [0.717, 1.165) is 35.4 Å². The number of halogens is 1. The van der Waals surface area contributed by atoms with Crippen LogP contribution in [0.5, 0.6) is 0 Å². The van der Waals surface area contributed by atoms with Gasteiger partial charge in [-0.05, 0) is 37.4 Å². The number of hydrogen-bond donors (Lipinski definition) is 0. The molecule has 7 heteroatoms. The van der Waals surface area contributed by atoms with Gasteiger partial charge in [0.25, 0.3) is 5.56 Å². The van der Waals surface area contributed by atoms with E-state index in [4.69, 9.17) is 0 Å². The number of carbonyl (C=O) groups excluding carboxylic acids is 1. The van der Waals surface area contributed by atoms with Crippen LogP contribution in [0.4, 0.5) is 5.69 Å². The second kappa shape index (κ2) is 11.0. The van der Waals surface area contributed by atoms with E-state index >= 15 is 0 Å². The molecule has 6 nitrogen and oxygen atoms in total. The molecule has 0 aliphatic rings. The van der Waals surface area contributed by atoms with Gasteiger partial charge in [0.15, 0.2) is 0 Å². The molecule has 0 unspecified atom stereocenters. The average Bonchev–Trinajstić information content (AvgIpc) is 2.79. The third-order valence-corrected chi connectivity index (χ3v) is 5.67. The predicted molar refractivity (Wildman–Crippen MR) is 128 cm³/mol. The number of anilines is 1. The summed E-state index contributed by atoms with van der Waals surface area (Å²) < 4.78 is 2.14. The normalized spacial score (nSPS) is 11.0. The summed E-state index contributed by atoms with van der Waals surface area (Å²) in [5, 5.41) is 4.44. The van der Waals surface area contributed by atoms with E-state index in [1.807, 2.05) is 54.6 Å². The monoisotopic (exact) mass is 482 g/mol. The van der Waals surface area contributed by atoms with Gasteiger partial charge >= 0.3 is 0 Å². The highest BCUT2D eigenvalue weighted by Gasteiger charge is 2.19. The van der Waals surface area contributed by atoms with Gasteiger partial charge in [0.2, 0.25) is 5.91 Å². The Morgan fingerprint density at radius 1 is 0.968 bits per heavy atom. The minimum Gasteiger partial charge on any atom is -0.309 e. The van der Waals surface area contributed by atoms with Crippen LogP contribution >= 0.6 is 15.9 Å². The quantitative estimate of drug-likeness (QED) is 0.461. The van der Waals surface area contributed by atoms with Crippen molar-refractivity contribution in [2.24, 2.45) is 0 Å². The number of rotatable bonds is 9. The fourth-order valence-electron chi connectivity index (χ4n) is 3.36. The van der Waals surface area contributed by atoms with Crippen LogP contribution in [0.3, 0.4) is 0 Å². The summed E-state index contributed by atoms with van der Waals surface area (Å²) in [6.45, 7) is 7.20. The van der Waals surface area contributed by atoms with E-state index in [1.165, 1.54) is 10.7 Å². The molecule has 162 valence electrons. The van der Waals surface area contributed by atoms with Crippen molar-refractivity contribution in [1.82, 2.24) is 14.7 Å². The van der Waals surface area contributed by atoms with Gasteiger partial charge in [-0.1, -0.05) is 66.2 Å². The molecule has 0 aliphatic heterocycles. The lowest BCUT2D eigenvalue weighted by Gasteiger charge is -2.27. The van der Waals surface area contributed by atoms with Crippen molar-refractivity contribution in [3.8, 4) is 11.3 Å². The Balaban J connectivity index is 1.87. The first-order valence-electron chi connectivity index (χ1n) is 10.4. The highest BCUT2D eigenvalue weighted by atomic mass is 79.9. The van der Waals surface area contributed by atoms with Gasteiger partial charge in [0.05, 0.1) is 5.69 Å². The minimum atomic E-state index is -0.300. The summed E-state index contributed by atoms with van der Waals surface area (Å²) >= 11 is 3.48. The summed E-state index contributed by atoms with van der Waals surface area (Å²) in [5.74, 6) is -0.176. The summed E-state index contributed by atoms with van der Waals surface area (Å²) in [4.78, 5) is 29.7. The molecule has 1 aromatic heterocycles. The zero-order valence-electron chi connectivity index (χ0n) is 17.9. The fourth-order valence-corrected chi connectivity index (χ4v) is 3.75. The zero-order valence-corrected chi connectivity index (χ0v) is 19.5. The fraction of sp³-hybridized carbons (Fsp3) is 0.292. The van der Waals surface area contributed by atoms with Gasteiger partial charge in [-0.15, -0.1) is 0 Å². The molecule has 3 aromatic rings. The molecule has 0 spiro atoms. The van der Waals surface area contributed by atoms with E-state index in [1.54, 1.807) is 11.0 Å². The lowest BCUT2D eigenvalue weighted by molar-refractivity contribution is -0.119. The molecular formula is C24H27BrN4O2. The van der Waals surface area contributed by atoms with Crippen LogP contribution in [0.25, 0.3) is 11.3 Å². The maximum atomic E-state index is 13.3. The number of aromatic nitrogens is 2. The Hall–Kier alpha value is -2.77. The highest BCUT2D eigenvalue weighted by molar-refractivity contribution is 9.10. The van der Waals surface area contributed by atoms with Crippen LogP contribution in [0.1, 0.15) is 13.8 Å². The van der Waals surface area contributed by atoms with Crippen molar-refractivity contribution >= 4 is 27.5 Å². The van der Waals surface area contributed by atoms with E-state index in [2.05, 4.69) is 39.8 Å². The van der Waals surface area contributed by atoms with E-state index in [-0.39, 0.29) is 18.0 Å². The van der Waals surface area contributed by atoms with Crippen LogP contribution in [0.15, 0.2) is 76.0 Å². The smallest absolute Gasteiger partial charge is 0.267 e. The summed E-state index contributed by atoms with van der Waals surface area (Å²) in [6.07, 6.45) is 0. The van der Waals surface area contributed by atoms with Crippen molar-refractivity contribution in [2.45, 2.75) is 20.4 Å². The first kappa shape index (κ1) is 22.9. The first-order valence-corrected chi connectivity index (χ1v) is 11.2. The van der Waals surface area contributed by atoms with Crippen LogP contribution in [-0.4, -0.2) is 46.8 Å². The maximum Gasteiger partial charge on any atom is 0.267 e. The van der Waals surface area contributed by atoms with Gasteiger partial charge < -0.3 is 9.80 Å². The maximum absolute atomic E-state index is 13.3. The number of nitrogens with zero attached hydrogens (tertiary/aromatic N) is 4. The molecule has 1 heterocycles. The molecule has 1 amide bonds. The zero-order chi connectivity index (χ0) is 22.2. The predicted octanol–water partition coefficient (Wildman–Crippen LogP) is 4.05. The largest absolute Gasteiger partial charge is 0.309 e.